The van der Waals surface area contributed by atoms with Gasteiger partial charge in [0, 0.05) is 22.2 Å². The molecule has 28 heavy (non-hydrogen) atoms. The Kier molecular flexibility index (Phi) is 4.69. The first kappa shape index (κ1) is 18.2. The maximum Gasteiger partial charge on any atom is 0.263 e. The van der Waals surface area contributed by atoms with Gasteiger partial charge in [-0.25, -0.2) is 4.40 Å². The first-order valence-electron chi connectivity index (χ1n) is 9.46. The molecule has 5 rings (SSSR count). The molecule has 0 amide bonds. The number of halogens is 1. The van der Waals surface area contributed by atoms with Gasteiger partial charge in [-0.1, -0.05) is 35.5 Å². The lowest BCUT2D eigenvalue weighted by molar-refractivity contribution is 0.696. The molecule has 4 aromatic rings. The van der Waals surface area contributed by atoms with Gasteiger partial charge in [-0.05, 0) is 55.9 Å². The highest BCUT2D eigenvalue weighted by atomic mass is 35.5. The molecule has 0 radical (unpaired) electrons. The SMILES string of the molecule is CCn1c(=O)c2c3c(sc2n2c(SCc4ccc(Cl)cc4)nnc12)CCCC3. The van der Waals surface area contributed by atoms with Crippen LogP contribution in [0.1, 0.15) is 35.8 Å². The number of hydrogen-bond donors (Lipinski definition) is 0. The summed E-state index contributed by atoms with van der Waals surface area (Å²) in [4.78, 5) is 15.6. The molecule has 5 nitrogen and oxygen atoms in total. The average Bonchev–Trinajstić information content (AvgIpc) is 3.29. The number of benzene rings is 1. The van der Waals surface area contributed by atoms with Crippen LogP contribution in [-0.4, -0.2) is 19.2 Å². The Labute approximate surface area is 175 Å². The van der Waals surface area contributed by atoms with Crippen molar-refractivity contribution in [3.63, 3.8) is 0 Å². The van der Waals surface area contributed by atoms with E-state index in [0.717, 1.165) is 45.4 Å². The van der Waals surface area contributed by atoms with Crippen molar-refractivity contribution in [3.8, 4) is 0 Å². The number of aryl methyl sites for hydroxylation is 3. The molecule has 0 saturated carbocycles. The van der Waals surface area contributed by atoms with Crippen molar-refractivity contribution in [2.75, 3.05) is 0 Å². The van der Waals surface area contributed by atoms with Gasteiger partial charge in [-0.15, -0.1) is 21.5 Å². The van der Waals surface area contributed by atoms with E-state index in [1.807, 2.05) is 31.2 Å². The molecule has 0 unspecified atom stereocenters. The fraction of sp³-hybridized carbons (Fsp3) is 0.350. The Bertz CT molecular complexity index is 1240. The second-order valence-electron chi connectivity index (χ2n) is 6.97. The molecule has 0 spiro atoms. The highest BCUT2D eigenvalue weighted by Gasteiger charge is 2.24. The lowest BCUT2D eigenvalue weighted by Gasteiger charge is -2.11. The maximum absolute atomic E-state index is 13.2. The normalized spacial score (nSPS) is 14.1. The van der Waals surface area contributed by atoms with Crippen LogP contribution in [0.25, 0.3) is 16.0 Å². The van der Waals surface area contributed by atoms with Gasteiger partial charge in [0.2, 0.25) is 5.78 Å². The highest BCUT2D eigenvalue weighted by Crippen LogP contribution is 2.36. The second-order valence-corrected chi connectivity index (χ2v) is 9.44. The minimum atomic E-state index is 0.0750. The highest BCUT2D eigenvalue weighted by molar-refractivity contribution is 7.98. The third-order valence-electron chi connectivity index (χ3n) is 5.27. The molecule has 1 aliphatic rings. The van der Waals surface area contributed by atoms with E-state index in [2.05, 4.69) is 14.6 Å². The van der Waals surface area contributed by atoms with Gasteiger partial charge >= 0.3 is 0 Å². The zero-order valence-electron chi connectivity index (χ0n) is 15.4. The van der Waals surface area contributed by atoms with Crippen LogP contribution in [0.15, 0.2) is 34.2 Å². The fourth-order valence-corrected chi connectivity index (χ4v) is 6.33. The molecule has 3 aromatic heterocycles. The van der Waals surface area contributed by atoms with Crippen LogP contribution in [0.5, 0.6) is 0 Å². The number of thiophene rings is 1. The van der Waals surface area contributed by atoms with E-state index >= 15 is 0 Å². The summed E-state index contributed by atoms with van der Waals surface area (Å²) in [6.45, 7) is 2.57. The summed E-state index contributed by atoms with van der Waals surface area (Å²) in [6.07, 6.45) is 4.42. The molecular weight excluding hydrogens is 412 g/mol. The smallest absolute Gasteiger partial charge is 0.263 e. The Morgan fingerprint density at radius 1 is 1.18 bits per heavy atom. The number of fused-ring (bicyclic) bond motifs is 5. The van der Waals surface area contributed by atoms with E-state index in [1.165, 1.54) is 22.4 Å². The lowest BCUT2D eigenvalue weighted by Crippen LogP contribution is -2.22. The van der Waals surface area contributed by atoms with Crippen LogP contribution in [0.3, 0.4) is 0 Å². The molecule has 144 valence electrons. The van der Waals surface area contributed by atoms with E-state index in [0.29, 0.717) is 12.3 Å². The van der Waals surface area contributed by atoms with Crippen molar-refractivity contribution in [2.45, 2.75) is 50.1 Å². The molecule has 0 N–H and O–H groups in total. The minimum absolute atomic E-state index is 0.0750. The molecule has 0 saturated heterocycles. The van der Waals surface area contributed by atoms with Crippen molar-refractivity contribution in [1.82, 2.24) is 19.2 Å². The van der Waals surface area contributed by atoms with E-state index in [1.54, 1.807) is 27.7 Å². The maximum atomic E-state index is 13.2. The van der Waals surface area contributed by atoms with Crippen molar-refractivity contribution in [3.05, 3.63) is 55.6 Å². The molecule has 0 atom stereocenters. The first-order chi connectivity index (χ1) is 13.7. The Hall–Kier alpha value is -1.83. The van der Waals surface area contributed by atoms with Crippen molar-refractivity contribution < 1.29 is 0 Å². The predicted octanol–water partition coefficient (Wildman–Crippen LogP) is 4.95. The number of aromatic nitrogens is 4. The summed E-state index contributed by atoms with van der Waals surface area (Å²) < 4.78 is 3.84. The first-order valence-corrected chi connectivity index (χ1v) is 11.6. The van der Waals surface area contributed by atoms with Crippen LogP contribution in [0, 0.1) is 0 Å². The van der Waals surface area contributed by atoms with Gasteiger partial charge in [-0.3, -0.25) is 9.36 Å². The topological polar surface area (TPSA) is 52.2 Å². The van der Waals surface area contributed by atoms with Gasteiger partial charge in [0.25, 0.3) is 5.56 Å². The predicted molar refractivity (Wildman–Crippen MR) is 116 cm³/mol. The summed E-state index contributed by atoms with van der Waals surface area (Å²) >= 11 is 9.37. The standard InChI is InChI=1S/C20H19ClN4OS2/c1-2-24-17(26)16-14-5-3-4-6-15(14)28-18(16)25-19(24)22-23-20(25)27-11-12-7-9-13(21)10-8-12/h7-10H,2-6,11H2,1H3. The summed E-state index contributed by atoms with van der Waals surface area (Å²) in [6, 6.07) is 7.86. The van der Waals surface area contributed by atoms with Crippen molar-refractivity contribution >= 4 is 50.7 Å². The molecule has 0 fully saturated rings. The quantitative estimate of drug-likeness (QED) is 0.430. The van der Waals surface area contributed by atoms with Gasteiger partial charge in [0.1, 0.15) is 4.83 Å². The molecule has 0 bridgehead atoms. The van der Waals surface area contributed by atoms with Gasteiger partial charge in [0.15, 0.2) is 5.16 Å². The van der Waals surface area contributed by atoms with Crippen molar-refractivity contribution in [2.24, 2.45) is 0 Å². The lowest BCUT2D eigenvalue weighted by atomic mass is 9.97. The summed E-state index contributed by atoms with van der Waals surface area (Å²) in [7, 11) is 0. The molecule has 1 aliphatic carbocycles. The van der Waals surface area contributed by atoms with Crippen LogP contribution in [-0.2, 0) is 25.1 Å². The monoisotopic (exact) mass is 430 g/mol. The molecular formula is C20H19ClN4OS2. The number of nitrogens with zero attached hydrogens (tertiary/aromatic N) is 4. The van der Waals surface area contributed by atoms with E-state index in [-0.39, 0.29) is 5.56 Å². The van der Waals surface area contributed by atoms with Gasteiger partial charge < -0.3 is 0 Å². The molecule has 0 aliphatic heterocycles. The van der Waals surface area contributed by atoms with Crippen LogP contribution < -0.4 is 5.56 Å². The zero-order valence-corrected chi connectivity index (χ0v) is 17.8. The van der Waals surface area contributed by atoms with E-state index in [9.17, 15) is 4.79 Å². The van der Waals surface area contributed by atoms with Crippen LogP contribution >= 0.6 is 34.7 Å². The fourth-order valence-electron chi connectivity index (χ4n) is 3.88. The molecule has 3 heterocycles. The summed E-state index contributed by atoms with van der Waals surface area (Å²) in [5.41, 5.74) is 2.51. The third kappa shape index (κ3) is 2.88. The largest absolute Gasteiger partial charge is 0.277 e. The van der Waals surface area contributed by atoms with Gasteiger partial charge in [0.05, 0.1) is 5.39 Å². The number of thioether (sulfide) groups is 1. The van der Waals surface area contributed by atoms with Crippen LogP contribution in [0.2, 0.25) is 5.02 Å². The number of rotatable bonds is 4. The van der Waals surface area contributed by atoms with Crippen LogP contribution in [0.4, 0.5) is 0 Å². The third-order valence-corrected chi connectivity index (χ3v) is 7.80. The summed E-state index contributed by atoms with van der Waals surface area (Å²) in [5.74, 6) is 1.41. The Balaban J connectivity index is 1.67. The average molecular weight is 431 g/mol. The Morgan fingerprint density at radius 2 is 1.96 bits per heavy atom. The molecule has 8 heteroatoms. The number of hydrogen-bond acceptors (Lipinski definition) is 5. The van der Waals surface area contributed by atoms with Gasteiger partial charge in [-0.2, -0.15) is 0 Å². The minimum Gasteiger partial charge on any atom is -0.277 e. The van der Waals surface area contributed by atoms with E-state index < -0.39 is 0 Å². The Morgan fingerprint density at radius 3 is 2.75 bits per heavy atom. The zero-order chi connectivity index (χ0) is 19.3. The summed E-state index contributed by atoms with van der Waals surface area (Å²) in [5, 5.41) is 11.2. The molecule has 1 aromatic carbocycles. The van der Waals surface area contributed by atoms with E-state index in [4.69, 9.17) is 11.6 Å². The second kappa shape index (κ2) is 7.21. The van der Waals surface area contributed by atoms with Crippen molar-refractivity contribution in [1.29, 1.82) is 0 Å².